The Labute approximate surface area is 136 Å². The van der Waals surface area contributed by atoms with Crippen LogP contribution in [0.1, 0.15) is 38.5 Å². The van der Waals surface area contributed by atoms with Crippen LogP contribution in [0, 0.1) is 17.3 Å². The van der Waals surface area contributed by atoms with Crippen molar-refractivity contribution in [1.82, 2.24) is 9.88 Å². The molecule has 1 aliphatic heterocycles. The van der Waals surface area contributed by atoms with Crippen LogP contribution in [0.25, 0.3) is 0 Å². The Bertz CT molecular complexity index is 612. The molecule has 0 bridgehead atoms. The molecule has 1 aromatic rings. The van der Waals surface area contributed by atoms with Gasteiger partial charge in [-0.3, -0.25) is 14.6 Å². The maximum atomic E-state index is 12.5. The van der Waals surface area contributed by atoms with E-state index in [9.17, 15) is 9.59 Å². The van der Waals surface area contributed by atoms with E-state index < -0.39 is 0 Å². The van der Waals surface area contributed by atoms with E-state index >= 15 is 0 Å². The molecule has 1 saturated heterocycles. The van der Waals surface area contributed by atoms with Crippen molar-refractivity contribution in [3.63, 3.8) is 0 Å². The maximum Gasteiger partial charge on any atom is 0.228 e. The zero-order valence-corrected chi connectivity index (χ0v) is 13.3. The van der Waals surface area contributed by atoms with Crippen LogP contribution in [0.5, 0.6) is 0 Å². The van der Waals surface area contributed by atoms with Crippen molar-refractivity contribution >= 4 is 17.5 Å². The van der Waals surface area contributed by atoms with Crippen molar-refractivity contribution in [2.24, 2.45) is 17.3 Å². The number of hydrogen-bond acceptors (Lipinski definition) is 3. The Morgan fingerprint density at radius 3 is 2.87 bits per heavy atom. The minimum atomic E-state index is 0.0422. The Morgan fingerprint density at radius 2 is 2.13 bits per heavy atom. The third kappa shape index (κ3) is 2.73. The minimum Gasteiger partial charge on any atom is -0.342 e. The first kappa shape index (κ1) is 14.7. The Hall–Kier alpha value is -1.91. The maximum absolute atomic E-state index is 12.5. The average Bonchev–Trinajstić information content (AvgIpc) is 2.94. The van der Waals surface area contributed by atoms with Gasteiger partial charge >= 0.3 is 0 Å². The van der Waals surface area contributed by atoms with E-state index in [0.717, 1.165) is 44.5 Å². The summed E-state index contributed by atoms with van der Waals surface area (Å²) < 4.78 is 0. The largest absolute Gasteiger partial charge is 0.342 e. The molecule has 2 amide bonds. The van der Waals surface area contributed by atoms with Crippen LogP contribution < -0.4 is 5.32 Å². The predicted octanol–water partition coefficient (Wildman–Crippen LogP) is 2.45. The third-order valence-electron chi connectivity index (χ3n) is 5.84. The molecule has 1 N–H and O–H groups in total. The standard InChI is InChI=1S/C18H23N3O2/c22-16(20-14-6-3-8-19-11-14)15-10-18(15)7-9-21(12-18)17(23)13-4-1-2-5-13/h3,6,8,11,13,15H,1-2,4-5,7,9-10,12H2,(H,20,22)/t15-,18-/m1/s1. The lowest BCUT2D eigenvalue weighted by Gasteiger charge is -2.20. The van der Waals surface area contributed by atoms with Crippen molar-refractivity contribution < 1.29 is 9.59 Å². The summed E-state index contributed by atoms with van der Waals surface area (Å²) in [6, 6.07) is 3.67. The fraction of sp³-hybridized carbons (Fsp3) is 0.611. The zero-order chi connectivity index (χ0) is 15.9. The number of hydrogen-bond donors (Lipinski definition) is 1. The molecule has 0 aromatic carbocycles. The lowest BCUT2D eigenvalue weighted by Crippen LogP contribution is -2.34. The number of amides is 2. The van der Waals surface area contributed by atoms with E-state index in [2.05, 4.69) is 10.3 Å². The molecule has 5 nitrogen and oxygen atoms in total. The molecule has 3 fully saturated rings. The molecular weight excluding hydrogens is 290 g/mol. The Balaban J connectivity index is 1.35. The Morgan fingerprint density at radius 1 is 1.30 bits per heavy atom. The summed E-state index contributed by atoms with van der Waals surface area (Å²) in [6.45, 7) is 1.60. The normalized spacial score (nSPS) is 29.9. The van der Waals surface area contributed by atoms with Gasteiger partial charge in [-0.2, -0.15) is 0 Å². The quantitative estimate of drug-likeness (QED) is 0.932. The average molecular weight is 313 g/mol. The number of aromatic nitrogens is 1. The highest BCUT2D eigenvalue weighted by atomic mass is 16.2. The summed E-state index contributed by atoms with van der Waals surface area (Å²) in [6.07, 6.45) is 9.71. The molecule has 2 saturated carbocycles. The van der Waals surface area contributed by atoms with Crippen LogP contribution in [0.15, 0.2) is 24.5 Å². The number of likely N-dealkylation sites (tertiary alicyclic amines) is 1. The zero-order valence-electron chi connectivity index (χ0n) is 13.3. The molecule has 4 rings (SSSR count). The predicted molar refractivity (Wildman–Crippen MR) is 86.6 cm³/mol. The summed E-state index contributed by atoms with van der Waals surface area (Å²) in [7, 11) is 0. The smallest absolute Gasteiger partial charge is 0.228 e. The van der Waals surface area contributed by atoms with Gasteiger partial charge in [0.1, 0.15) is 0 Å². The van der Waals surface area contributed by atoms with E-state index in [0.29, 0.717) is 5.91 Å². The number of nitrogens with one attached hydrogen (secondary N) is 1. The monoisotopic (exact) mass is 313 g/mol. The molecule has 122 valence electrons. The molecule has 2 heterocycles. The van der Waals surface area contributed by atoms with Gasteiger partial charge in [-0.15, -0.1) is 0 Å². The van der Waals surface area contributed by atoms with Crippen molar-refractivity contribution in [2.75, 3.05) is 18.4 Å². The number of pyridine rings is 1. The van der Waals surface area contributed by atoms with Crippen molar-refractivity contribution in [2.45, 2.75) is 38.5 Å². The summed E-state index contributed by atoms with van der Waals surface area (Å²) >= 11 is 0. The molecule has 2 atom stereocenters. The van der Waals surface area contributed by atoms with Gasteiger partial charge in [0.25, 0.3) is 0 Å². The number of rotatable bonds is 3. The molecule has 23 heavy (non-hydrogen) atoms. The van der Waals surface area contributed by atoms with Gasteiger partial charge in [0.2, 0.25) is 11.8 Å². The van der Waals surface area contributed by atoms with E-state index in [1.165, 1.54) is 12.8 Å². The van der Waals surface area contributed by atoms with Crippen LogP contribution in [0.3, 0.4) is 0 Å². The van der Waals surface area contributed by atoms with Gasteiger partial charge < -0.3 is 10.2 Å². The number of carbonyl (C=O) groups is 2. The fourth-order valence-electron chi connectivity index (χ4n) is 4.35. The molecule has 1 spiro atoms. The SMILES string of the molecule is O=C(Nc1cccnc1)[C@H]1C[C@@]12CCN(C(=O)C1CCCC1)C2. The second kappa shape index (κ2) is 5.62. The van der Waals surface area contributed by atoms with Crippen molar-refractivity contribution in [3.05, 3.63) is 24.5 Å². The minimum absolute atomic E-state index is 0.0422. The van der Waals surface area contributed by atoms with E-state index in [-0.39, 0.29) is 23.2 Å². The first-order chi connectivity index (χ1) is 11.2. The summed E-state index contributed by atoms with van der Waals surface area (Å²) in [5, 5.41) is 2.95. The van der Waals surface area contributed by atoms with Gasteiger partial charge in [0.15, 0.2) is 0 Å². The lowest BCUT2D eigenvalue weighted by atomic mass is 10.0. The highest BCUT2D eigenvalue weighted by Crippen LogP contribution is 2.59. The van der Waals surface area contributed by atoms with Crippen molar-refractivity contribution in [3.8, 4) is 0 Å². The van der Waals surface area contributed by atoms with E-state index in [1.807, 2.05) is 17.0 Å². The van der Waals surface area contributed by atoms with Crippen LogP contribution in [-0.4, -0.2) is 34.8 Å². The molecule has 0 radical (unpaired) electrons. The molecule has 2 aliphatic carbocycles. The molecule has 3 aliphatic rings. The lowest BCUT2D eigenvalue weighted by molar-refractivity contribution is -0.134. The molecular formula is C18H23N3O2. The second-order valence-electron chi connectivity index (χ2n) is 7.34. The van der Waals surface area contributed by atoms with E-state index in [1.54, 1.807) is 12.4 Å². The van der Waals surface area contributed by atoms with Crippen LogP contribution in [-0.2, 0) is 9.59 Å². The molecule has 5 heteroatoms. The summed E-state index contributed by atoms with van der Waals surface area (Å²) in [5.41, 5.74) is 0.789. The highest BCUT2D eigenvalue weighted by Gasteiger charge is 2.61. The number of nitrogens with zero attached hydrogens (tertiary/aromatic N) is 2. The van der Waals surface area contributed by atoms with E-state index in [4.69, 9.17) is 0 Å². The molecule has 0 unspecified atom stereocenters. The van der Waals surface area contributed by atoms with Gasteiger partial charge in [0, 0.05) is 36.5 Å². The van der Waals surface area contributed by atoms with Crippen LogP contribution in [0.4, 0.5) is 5.69 Å². The first-order valence-electron chi connectivity index (χ1n) is 8.68. The topological polar surface area (TPSA) is 62.3 Å². The van der Waals surface area contributed by atoms with Crippen molar-refractivity contribution in [1.29, 1.82) is 0 Å². The summed E-state index contributed by atoms with van der Waals surface area (Å²) in [4.78, 5) is 31.0. The molecule has 1 aromatic heterocycles. The number of anilines is 1. The summed E-state index contributed by atoms with van der Waals surface area (Å²) in [5.74, 6) is 0.696. The van der Waals surface area contributed by atoms with Crippen LogP contribution in [0.2, 0.25) is 0 Å². The first-order valence-corrected chi connectivity index (χ1v) is 8.68. The van der Waals surface area contributed by atoms with Gasteiger partial charge in [-0.1, -0.05) is 12.8 Å². The third-order valence-corrected chi connectivity index (χ3v) is 5.84. The van der Waals surface area contributed by atoms with Gasteiger partial charge in [-0.25, -0.2) is 0 Å². The van der Waals surface area contributed by atoms with Gasteiger partial charge in [-0.05, 0) is 37.8 Å². The fourth-order valence-corrected chi connectivity index (χ4v) is 4.35. The van der Waals surface area contributed by atoms with Gasteiger partial charge in [0.05, 0.1) is 11.9 Å². The highest BCUT2D eigenvalue weighted by molar-refractivity contribution is 5.95. The van der Waals surface area contributed by atoms with Crippen LogP contribution >= 0.6 is 0 Å². The number of carbonyl (C=O) groups excluding carboxylic acids is 2. The second-order valence-corrected chi connectivity index (χ2v) is 7.34. The Kier molecular flexibility index (Phi) is 3.58.